The molecule has 0 aromatic heterocycles. The summed E-state index contributed by atoms with van der Waals surface area (Å²) in [5.74, 6) is 0.852. The quantitative estimate of drug-likeness (QED) is 0.733. The van der Waals surface area contributed by atoms with Crippen molar-refractivity contribution in [1.82, 2.24) is 4.90 Å². The first-order valence-electron chi connectivity index (χ1n) is 10.4. The van der Waals surface area contributed by atoms with Crippen molar-refractivity contribution in [1.29, 1.82) is 0 Å². The molecule has 2 heterocycles. The molecule has 2 aromatic rings. The van der Waals surface area contributed by atoms with E-state index in [2.05, 4.69) is 4.72 Å². The summed E-state index contributed by atoms with van der Waals surface area (Å²) in [6.45, 7) is 4.66. The summed E-state index contributed by atoms with van der Waals surface area (Å²) in [5, 5.41) is 0. The van der Waals surface area contributed by atoms with Crippen LogP contribution in [0.3, 0.4) is 0 Å². The Labute approximate surface area is 182 Å². The van der Waals surface area contributed by atoms with Crippen LogP contribution in [0.5, 0.6) is 11.5 Å². The van der Waals surface area contributed by atoms with Gasteiger partial charge in [0.2, 0.25) is 0 Å². The Bertz CT molecular complexity index is 1040. The van der Waals surface area contributed by atoms with Gasteiger partial charge in [0.05, 0.1) is 11.0 Å². The number of likely N-dealkylation sites (tertiary alicyclic amines) is 1. The SMILES string of the molecule is CCOC1CCCN(C(=O)c2ccc(NS(=O)(=O)c3ccc4c(c3)OCCO4)cc2)C1. The van der Waals surface area contributed by atoms with E-state index < -0.39 is 10.0 Å². The van der Waals surface area contributed by atoms with Crippen molar-refractivity contribution in [2.75, 3.05) is 37.6 Å². The third-order valence-electron chi connectivity index (χ3n) is 5.28. The molecule has 1 amide bonds. The van der Waals surface area contributed by atoms with Gasteiger partial charge in [0.1, 0.15) is 13.2 Å². The molecule has 0 saturated carbocycles. The molecule has 2 aliphatic rings. The number of benzene rings is 2. The van der Waals surface area contributed by atoms with Gasteiger partial charge >= 0.3 is 0 Å². The minimum absolute atomic E-state index is 0.0692. The fourth-order valence-electron chi connectivity index (χ4n) is 3.76. The molecule has 4 rings (SSSR count). The summed E-state index contributed by atoms with van der Waals surface area (Å²) in [5.41, 5.74) is 0.886. The van der Waals surface area contributed by atoms with E-state index in [1.165, 1.54) is 12.1 Å². The fraction of sp³-hybridized carbons (Fsp3) is 0.409. The second kappa shape index (κ2) is 9.15. The van der Waals surface area contributed by atoms with Gasteiger partial charge in [0.25, 0.3) is 15.9 Å². The molecule has 1 N–H and O–H groups in total. The number of fused-ring (bicyclic) bond motifs is 1. The number of nitrogens with zero attached hydrogens (tertiary/aromatic N) is 1. The van der Waals surface area contributed by atoms with E-state index in [0.29, 0.717) is 55.7 Å². The standard InChI is InChI=1S/C22H26N2O6S/c1-2-28-18-4-3-11-24(15-18)22(25)16-5-7-17(8-6-16)23-31(26,27)19-9-10-20-21(14-19)30-13-12-29-20/h5-10,14,18,23H,2-4,11-13,15H2,1H3. The summed E-state index contributed by atoms with van der Waals surface area (Å²) >= 11 is 0. The average Bonchev–Trinajstić information content (AvgIpc) is 2.79. The van der Waals surface area contributed by atoms with Gasteiger partial charge in [-0.05, 0) is 56.2 Å². The van der Waals surface area contributed by atoms with E-state index in [1.54, 1.807) is 35.2 Å². The summed E-state index contributed by atoms with van der Waals surface area (Å²) in [7, 11) is -3.81. The van der Waals surface area contributed by atoms with Gasteiger partial charge in [0.15, 0.2) is 11.5 Å². The first-order valence-corrected chi connectivity index (χ1v) is 11.9. The van der Waals surface area contributed by atoms with E-state index in [1.807, 2.05) is 6.92 Å². The van der Waals surface area contributed by atoms with Crippen LogP contribution in [0.4, 0.5) is 5.69 Å². The molecule has 1 saturated heterocycles. The summed E-state index contributed by atoms with van der Waals surface area (Å²) in [4.78, 5) is 14.7. The van der Waals surface area contributed by atoms with Crippen molar-refractivity contribution in [3.05, 3.63) is 48.0 Å². The molecule has 0 radical (unpaired) electrons. The van der Waals surface area contributed by atoms with E-state index in [4.69, 9.17) is 14.2 Å². The molecular formula is C22H26N2O6S. The van der Waals surface area contributed by atoms with Crippen molar-refractivity contribution in [2.24, 2.45) is 0 Å². The fourth-order valence-corrected chi connectivity index (χ4v) is 4.84. The predicted octanol–water partition coefficient (Wildman–Crippen LogP) is 2.90. The van der Waals surface area contributed by atoms with Gasteiger partial charge < -0.3 is 19.1 Å². The number of hydrogen-bond donors (Lipinski definition) is 1. The van der Waals surface area contributed by atoms with Gasteiger partial charge in [-0.1, -0.05) is 0 Å². The number of piperidine rings is 1. The highest BCUT2D eigenvalue weighted by atomic mass is 32.2. The number of amides is 1. The predicted molar refractivity (Wildman–Crippen MR) is 115 cm³/mol. The molecule has 0 bridgehead atoms. The van der Waals surface area contributed by atoms with E-state index in [9.17, 15) is 13.2 Å². The van der Waals surface area contributed by atoms with Crippen LogP contribution in [-0.2, 0) is 14.8 Å². The van der Waals surface area contributed by atoms with Crippen molar-refractivity contribution >= 4 is 21.6 Å². The number of hydrogen-bond acceptors (Lipinski definition) is 6. The zero-order valence-corrected chi connectivity index (χ0v) is 18.2. The maximum absolute atomic E-state index is 12.8. The monoisotopic (exact) mass is 446 g/mol. The molecule has 2 aromatic carbocycles. The summed E-state index contributed by atoms with van der Waals surface area (Å²) < 4.78 is 44.6. The third kappa shape index (κ3) is 4.94. The van der Waals surface area contributed by atoms with Crippen LogP contribution in [-0.4, -0.2) is 58.2 Å². The van der Waals surface area contributed by atoms with Crippen molar-refractivity contribution in [2.45, 2.75) is 30.8 Å². The highest BCUT2D eigenvalue weighted by Crippen LogP contribution is 2.32. The number of carbonyl (C=O) groups excluding carboxylic acids is 1. The second-order valence-corrected chi connectivity index (χ2v) is 9.14. The molecular weight excluding hydrogens is 420 g/mol. The van der Waals surface area contributed by atoms with Crippen LogP contribution in [0, 0.1) is 0 Å². The summed E-state index contributed by atoms with van der Waals surface area (Å²) in [6, 6.07) is 10.9. The third-order valence-corrected chi connectivity index (χ3v) is 6.65. The number of ether oxygens (including phenoxy) is 3. The Morgan fingerprint density at radius 2 is 1.87 bits per heavy atom. The minimum Gasteiger partial charge on any atom is -0.486 e. The molecule has 1 atom stereocenters. The first kappa shape index (κ1) is 21.5. The van der Waals surface area contributed by atoms with Crippen LogP contribution in [0.1, 0.15) is 30.1 Å². The lowest BCUT2D eigenvalue weighted by atomic mass is 10.1. The highest BCUT2D eigenvalue weighted by Gasteiger charge is 2.25. The molecule has 166 valence electrons. The maximum Gasteiger partial charge on any atom is 0.262 e. The Hall–Kier alpha value is -2.78. The lowest BCUT2D eigenvalue weighted by Gasteiger charge is -2.32. The van der Waals surface area contributed by atoms with Crippen LogP contribution >= 0.6 is 0 Å². The Morgan fingerprint density at radius 1 is 1.13 bits per heavy atom. The molecule has 9 heteroatoms. The van der Waals surface area contributed by atoms with Gasteiger partial charge in [-0.2, -0.15) is 0 Å². The van der Waals surface area contributed by atoms with Gasteiger partial charge in [0, 0.05) is 37.0 Å². The zero-order chi connectivity index (χ0) is 21.8. The van der Waals surface area contributed by atoms with Gasteiger partial charge in [-0.25, -0.2) is 8.42 Å². The van der Waals surface area contributed by atoms with Crippen LogP contribution in [0.25, 0.3) is 0 Å². The molecule has 8 nitrogen and oxygen atoms in total. The summed E-state index contributed by atoms with van der Waals surface area (Å²) in [6.07, 6.45) is 1.93. The number of rotatable bonds is 6. The van der Waals surface area contributed by atoms with Crippen molar-refractivity contribution < 1.29 is 27.4 Å². The smallest absolute Gasteiger partial charge is 0.262 e. The lowest BCUT2D eigenvalue weighted by molar-refractivity contribution is 0.00724. The Kier molecular flexibility index (Phi) is 6.33. The van der Waals surface area contributed by atoms with E-state index in [-0.39, 0.29) is 16.9 Å². The van der Waals surface area contributed by atoms with Crippen LogP contribution in [0.15, 0.2) is 47.4 Å². The molecule has 1 unspecified atom stereocenters. The van der Waals surface area contributed by atoms with E-state index in [0.717, 1.165) is 12.8 Å². The van der Waals surface area contributed by atoms with Crippen LogP contribution < -0.4 is 14.2 Å². The highest BCUT2D eigenvalue weighted by molar-refractivity contribution is 7.92. The van der Waals surface area contributed by atoms with Gasteiger partial charge in [-0.3, -0.25) is 9.52 Å². The second-order valence-electron chi connectivity index (χ2n) is 7.46. The molecule has 31 heavy (non-hydrogen) atoms. The lowest BCUT2D eigenvalue weighted by Crippen LogP contribution is -2.43. The molecule has 2 aliphatic heterocycles. The Balaban J connectivity index is 1.44. The van der Waals surface area contributed by atoms with Gasteiger partial charge in [-0.15, -0.1) is 0 Å². The largest absolute Gasteiger partial charge is 0.486 e. The van der Waals surface area contributed by atoms with E-state index >= 15 is 0 Å². The molecule has 1 fully saturated rings. The van der Waals surface area contributed by atoms with Crippen LogP contribution in [0.2, 0.25) is 0 Å². The Morgan fingerprint density at radius 3 is 2.61 bits per heavy atom. The first-order chi connectivity index (χ1) is 15.0. The maximum atomic E-state index is 12.8. The number of sulfonamides is 1. The molecule has 0 spiro atoms. The zero-order valence-electron chi connectivity index (χ0n) is 17.4. The minimum atomic E-state index is -3.81. The molecule has 0 aliphatic carbocycles. The number of anilines is 1. The number of nitrogens with one attached hydrogen (secondary N) is 1. The number of carbonyl (C=O) groups is 1. The van der Waals surface area contributed by atoms with Crippen molar-refractivity contribution in [3.63, 3.8) is 0 Å². The van der Waals surface area contributed by atoms with Crippen molar-refractivity contribution in [3.8, 4) is 11.5 Å². The average molecular weight is 447 g/mol. The normalized spacial score (nSPS) is 18.5. The topological polar surface area (TPSA) is 94.2 Å².